The zero-order chi connectivity index (χ0) is 14.9. The van der Waals surface area contributed by atoms with Crippen LogP contribution in [0.3, 0.4) is 0 Å². The first-order valence-corrected chi connectivity index (χ1v) is 7.49. The number of halogens is 1. The molecule has 1 N–H and O–H groups in total. The van der Waals surface area contributed by atoms with Gasteiger partial charge in [0.2, 0.25) is 0 Å². The lowest BCUT2D eigenvalue weighted by molar-refractivity contribution is -0.138. The second-order valence-corrected chi connectivity index (χ2v) is 6.40. The molecule has 0 aliphatic carbocycles. The van der Waals surface area contributed by atoms with E-state index in [0.29, 0.717) is 13.2 Å². The van der Waals surface area contributed by atoms with E-state index in [2.05, 4.69) is 15.9 Å². The Labute approximate surface area is 127 Å². The van der Waals surface area contributed by atoms with Gasteiger partial charge in [-0.1, -0.05) is 20.8 Å². The van der Waals surface area contributed by atoms with Gasteiger partial charge in [0.25, 0.3) is 0 Å². The van der Waals surface area contributed by atoms with Crippen LogP contribution in [-0.4, -0.2) is 24.3 Å². The van der Waals surface area contributed by atoms with Gasteiger partial charge in [0.1, 0.15) is 13.2 Å². The average Bonchev–Trinajstić information content (AvgIpc) is 2.37. The van der Waals surface area contributed by atoms with Crippen molar-refractivity contribution in [3.05, 3.63) is 21.7 Å². The van der Waals surface area contributed by atoms with Gasteiger partial charge in [0, 0.05) is 11.0 Å². The van der Waals surface area contributed by atoms with Crippen molar-refractivity contribution in [1.82, 2.24) is 0 Å². The highest BCUT2D eigenvalue weighted by Gasteiger charge is 2.31. The van der Waals surface area contributed by atoms with Crippen molar-refractivity contribution in [1.29, 1.82) is 0 Å². The molecule has 1 aliphatic heterocycles. The third-order valence-electron chi connectivity index (χ3n) is 3.55. The van der Waals surface area contributed by atoms with Gasteiger partial charge in [-0.15, -0.1) is 0 Å². The van der Waals surface area contributed by atoms with Crippen LogP contribution in [0.2, 0.25) is 0 Å². The quantitative estimate of drug-likeness (QED) is 0.909. The number of carboxylic acids is 1. The van der Waals surface area contributed by atoms with Gasteiger partial charge in [0.05, 0.1) is 10.9 Å². The summed E-state index contributed by atoms with van der Waals surface area (Å²) in [5, 5.41) is 9.11. The molecule has 0 atom stereocenters. The van der Waals surface area contributed by atoms with Crippen molar-refractivity contribution in [3.63, 3.8) is 0 Å². The highest BCUT2D eigenvalue weighted by Crippen LogP contribution is 2.46. The van der Waals surface area contributed by atoms with Crippen LogP contribution in [0.1, 0.15) is 38.3 Å². The molecule has 1 aromatic rings. The zero-order valence-electron chi connectivity index (χ0n) is 12.0. The van der Waals surface area contributed by atoms with Crippen LogP contribution in [-0.2, 0) is 16.6 Å². The van der Waals surface area contributed by atoms with E-state index in [1.54, 1.807) is 0 Å². The fourth-order valence-electron chi connectivity index (χ4n) is 2.65. The Morgan fingerprint density at radius 3 is 2.50 bits per heavy atom. The number of hydrogen-bond donors (Lipinski definition) is 1. The first kappa shape index (κ1) is 15.2. The van der Waals surface area contributed by atoms with E-state index in [9.17, 15) is 4.79 Å². The van der Waals surface area contributed by atoms with Crippen LogP contribution < -0.4 is 9.47 Å². The molecule has 110 valence electrons. The van der Waals surface area contributed by atoms with E-state index in [1.165, 1.54) is 0 Å². The third-order valence-corrected chi connectivity index (χ3v) is 4.13. The number of carboxylic acid groups (broad SMARTS) is 1. The van der Waals surface area contributed by atoms with E-state index in [1.807, 2.05) is 26.8 Å². The van der Waals surface area contributed by atoms with Gasteiger partial charge < -0.3 is 14.6 Å². The minimum Gasteiger partial charge on any atom is -0.486 e. The van der Waals surface area contributed by atoms with E-state index < -0.39 is 11.4 Å². The van der Waals surface area contributed by atoms with E-state index in [4.69, 9.17) is 14.6 Å². The third kappa shape index (κ3) is 2.77. The molecule has 1 aromatic carbocycles. The van der Waals surface area contributed by atoms with Gasteiger partial charge in [0.15, 0.2) is 11.5 Å². The molecule has 0 aromatic heterocycles. The second-order valence-electron chi connectivity index (χ2n) is 5.55. The fourth-order valence-corrected chi connectivity index (χ4v) is 3.17. The SMILES string of the molecule is CCc1c(C(C)(C)CC(=O)O)cc(Br)c2c1OCCO2. The van der Waals surface area contributed by atoms with E-state index >= 15 is 0 Å². The summed E-state index contributed by atoms with van der Waals surface area (Å²) in [6.45, 7) is 6.99. The highest BCUT2D eigenvalue weighted by atomic mass is 79.9. The molecule has 0 amide bonds. The molecule has 1 aliphatic rings. The number of hydrogen-bond acceptors (Lipinski definition) is 3. The summed E-state index contributed by atoms with van der Waals surface area (Å²) in [5.74, 6) is 0.674. The zero-order valence-corrected chi connectivity index (χ0v) is 13.5. The lowest BCUT2D eigenvalue weighted by Gasteiger charge is -2.30. The van der Waals surface area contributed by atoms with Crippen molar-refractivity contribution < 1.29 is 19.4 Å². The maximum absolute atomic E-state index is 11.1. The first-order chi connectivity index (χ1) is 9.36. The summed E-state index contributed by atoms with van der Waals surface area (Å²) in [7, 11) is 0. The normalized spacial score (nSPS) is 14.2. The monoisotopic (exact) mass is 342 g/mol. The predicted octanol–water partition coefficient (Wildman–Crippen LogP) is 3.54. The van der Waals surface area contributed by atoms with Crippen molar-refractivity contribution in [3.8, 4) is 11.5 Å². The van der Waals surface area contributed by atoms with Crippen LogP contribution in [0.4, 0.5) is 0 Å². The number of carbonyl (C=O) groups is 1. The van der Waals surface area contributed by atoms with Gasteiger partial charge in [-0.2, -0.15) is 0 Å². The molecule has 4 nitrogen and oxygen atoms in total. The van der Waals surface area contributed by atoms with Crippen LogP contribution in [0.25, 0.3) is 0 Å². The van der Waals surface area contributed by atoms with E-state index in [0.717, 1.165) is 33.5 Å². The van der Waals surface area contributed by atoms with Gasteiger partial charge >= 0.3 is 5.97 Å². The second kappa shape index (κ2) is 5.64. The average molecular weight is 343 g/mol. The molecule has 0 bridgehead atoms. The lowest BCUT2D eigenvalue weighted by atomic mass is 9.78. The first-order valence-electron chi connectivity index (χ1n) is 6.70. The molecule has 1 heterocycles. The summed E-state index contributed by atoms with van der Waals surface area (Å²) >= 11 is 3.50. The smallest absolute Gasteiger partial charge is 0.304 e. The van der Waals surface area contributed by atoms with Crippen molar-refractivity contribution >= 4 is 21.9 Å². The van der Waals surface area contributed by atoms with Crippen molar-refractivity contribution in [2.24, 2.45) is 0 Å². The molecule has 20 heavy (non-hydrogen) atoms. The summed E-state index contributed by atoms with van der Waals surface area (Å²) in [6, 6.07) is 1.97. The number of fused-ring (bicyclic) bond motifs is 1. The van der Waals surface area contributed by atoms with Crippen molar-refractivity contribution in [2.75, 3.05) is 13.2 Å². The van der Waals surface area contributed by atoms with Crippen LogP contribution >= 0.6 is 15.9 Å². The Kier molecular flexibility index (Phi) is 4.28. The highest BCUT2D eigenvalue weighted by molar-refractivity contribution is 9.10. The molecule has 0 saturated heterocycles. The standard InChI is InChI=1S/C15H19BrO4/c1-4-9-10(15(2,3)8-12(17)18)7-11(16)14-13(9)19-5-6-20-14/h7H,4-6,8H2,1-3H3,(H,17,18). The fraction of sp³-hybridized carbons (Fsp3) is 0.533. The van der Waals surface area contributed by atoms with Gasteiger partial charge in [-0.05, 0) is 34.0 Å². The molecule has 0 spiro atoms. The Bertz CT molecular complexity index is 537. The van der Waals surface area contributed by atoms with Crippen molar-refractivity contribution in [2.45, 2.75) is 39.0 Å². The topological polar surface area (TPSA) is 55.8 Å². The van der Waals surface area contributed by atoms with E-state index in [-0.39, 0.29) is 6.42 Å². The van der Waals surface area contributed by atoms with Crippen LogP contribution in [0, 0.1) is 0 Å². The molecule has 2 rings (SSSR count). The molecule has 0 fully saturated rings. The van der Waals surface area contributed by atoms with Crippen LogP contribution in [0.15, 0.2) is 10.5 Å². The summed E-state index contributed by atoms with van der Waals surface area (Å²) in [5.41, 5.74) is 1.57. The number of aliphatic carboxylic acids is 1. The summed E-state index contributed by atoms with van der Waals surface area (Å²) in [4.78, 5) is 11.1. The maximum Gasteiger partial charge on any atom is 0.304 e. The largest absolute Gasteiger partial charge is 0.486 e. The number of rotatable bonds is 4. The minimum absolute atomic E-state index is 0.0755. The molecular weight excluding hydrogens is 324 g/mol. The molecular formula is C15H19BrO4. The predicted molar refractivity (Wildman–Crippen MR) is 79.8 cm³/mol. The van der Waals surface area contributed by atoms with Gasteiger partial charge in [-0.25, -0.2) is 0 Å². The molecule has 0 unspecified atom stereocenters. The Morgan fingerprint density at radius 1 is 1.35 bits per heavy atom. The molecule has 5 heteroatoms. The summed E-state index contributed by atoms with van der Waals surface area (Å²) in [6.07, 6.45) is 0.851. The number of ether oxygens (including phenoxy) is 2. The lowest BCUT2D eigenvalue weighted by Crippen LogP contribution is -2.25. The summed E-state index contributed by atoms with van der Waals surface area (Å²) < 4.78 is 12.2. The Balaban J connectivity index is 2.58. The van der Waals surface area contributed by atoms with Gasteiger partial charge in [-0.3, -0.25) is 4.79 Å². The number of benzene rings is 1. The Morgan fingerprint density at radius 2 is 1.95 bits per heavy atom. The Hall–Kier alpha value is -1.23. The molecule has 0 radical (unpaired) electrons. The van der Waals surface area contributed by atoms with Crippen LogP contribution in [0.5, 0.6) is 11.5 Å². The minimum atomic E-state index is -0.803. The molecule has 0 saturated carbocycles. The maximum atomic E-state index is 11.1.